The maximum absolute atomic E-state index is 5.20. The van der Waals surface area contributed by atoms with Crippen LogP contribution in [0.3, 0.4) is 0 Å². The number of hydrogen-bond donors (Lipinski definition) is 0. The first-order valence-electron chi connectivity index (χ1n) is 1.07. The van der Waals surface area contributed by atoms with Gasteiger partial charge in [0.2, 0.25) is 0 Å². The zero-order valence-electron chi connectivity index (χ0n) is 4.01. The minimum atomic E-state index is -2.19. The summed E-state index contributed by atoms with van der Waals surface area (Å²) in [6, 6.07) is -2.19. The van der Waals surface area contributed by atoms with Crippen LogP contribution in [0.4, 0.5) is 0 Å². The van der Waals surface area contributed by atoms with Crippen molar-refractivity contribution in [1.29, 1.82) is 0 Å². The van der Waals surface area contributed by atoms with Crippen molar-refractivity contribution >= 4 is 39.2 Å². The Bertz CT molecular complexity index is 30.4. The smallest absolute Gasteiger partial charge is 1.00 e. The van der Waals surface area contributed by atoms with Gasteiger partial charge >= 0.3 is 35.6 Å². The quantitative estimate of drug-likeness (QED) is 0.245. The predicted octanol–water partition coefficient (Wildman–Crippen LogP) is -3.72. The largest absolute Gasteiger partial charge is 1.00 e. The monoisotopic (exact) mass is 298 g/mol. The standard InChI is InChI=1S/CH3Cl3Si.HI.Na/c1-5(2,3)4;;/h1H3;1H;/q;;+1/p-1. The van der Waals surface area contributed by atoms with E-state index in [1.807, 2.05) is 0 Å². The molecule has 0 atom stereocenters. The van der Waals surface area contributed by atoms with Gasteiger partial charge in [0.15, 0.2) is 0 Å². The van der Waals surface area contributed by atoms with Gasteiger partial charge in [0.25, 0.3) is 0 Å². The Labute approximate surface area is 97.7 Å². The molecule has 0 saturated heterocycles. The fourth-order valence-corrected chi connectivity index (χ4v) is 0. The van der Waals surface area contributed by atoms with Gasteiger partial charge in [-0.1, -0.05) is 0 Å². The summed E-state index contributed by atoms with van der Waals surface area (Å²) < 4.78 is 0. The van der Waals surface area contributed by atoms with Gasteiger partial charge in [0, 0.05) is 0 Å². The molecular weight excluding hydrogens is 296 g/mol. The third-order valence-corrected chi connectivity index (χ3v) is 0. The van der Waals surface area contributed by atoms with Gasteiger partial charge in [-0.05, 0) is 6.55 Å². The summed E-state index contributed by atoms with van der Waals surface area (Å²) in [6.45, 7) is 1.62. The van der Waals surface area contributed by atoms with Crippen LogP contribution in [-0.4, -0.2) is 6.00 Å². The van der Waals surface area contributed by atoms with Gasteiger partial charge in [0.1, 0.15) is 0 Å². The minimum Gasteiger partial charge on any atom is -1.00 e. The van der Waals surface area contributed by atoms with Crippen molar-refractivity contribution in [3.63, 3.8) is 0 Å². The molecule has 0 fully saturated rings. The molecule has 0 N–H and O–H groups in total. The van der Waals surface area contributed by atoms with E-state index in [1.165, 1.54) is 0 Å². The van der Waals surface area contributed by atoms with E-state index in [0.717, 1.165) is 0 Å². The third-order valence-electron chi connectivity index (χ3n) is 0. The van der Waals surface area contributed by atoms with Gasteiger partial charge in [-0.15, -0.1) is 33.2 Å². The van der Waals surface area contributed by atoms with Crippen LogP contribution < -0.4 is 53.5 Å². The van der Waals surface area contributed by atoms with E-state index in [-0.39, 0.29) is 53.5 Å². The van der Waals surface area contributed by atoms with E-state index >= 15 is 0 Å². The molecule has 0 radical (unpaired) electrons. The van der Waals surface area contributed by atoms with Gasteiger partial charge in [-0.3, -0.25) is 0 Å². The first-order valence-corrected chi connectivity index (χ1v) is 6.60. The molecule has 0 amide bonds. The summed E-state index contributed by atoms with van der Waals surface area (Å²) in [7, 11) is 0. The molecule has 0 aromatic rings. The van der Waals surface area contributed by atoms with Crippen LogP contribution in [0.5, 0.6) is 0 Å². The van der Waals surface area contributed by atoms with Crippen molar-refractivity contribution in [1.82, 2.24) is 0 Å². The summed E-state index contributed by atoms with van der Waals surface area (Å²) in [5.41, 5.74) is 0. The fraction of sp³-hybridized carbons (Fsp3) is 1.00. The van der Waals surface area contributed by atoms with Crippen LogP contribution in [0.25, 0.3) is 0 Å². The number of hydrogen-bond acceptors (Lipinski definition) is 0. The molecule has 0 aliphatic heterocycles. The average molecular weight is 299 g/mol. The molecule has 0 aromatic heterocycles. The van der Waals surface area contributed by atoms with Crippen LogP contribution in [0.1, 0.15) is 0 Å². The Morgan fingerprint density at radius 1 is 1.14 bits per heavy atom. The van der Waals surface area contributed by atoms with Crippen LogP contribution in [0, 0.1) is 0 Å². The normalized spacial score (nSPS) is 8.57. The average Bonchev–Trinajstić information content (AvgIpc) is 0.722. The molecule has 0 aromatic carbocycles. The van der Waals surface area contributed by atoms with E-state index in [9.17, 15) is 0 Å². The molecule has 0 nitrogen and oxygen atoms in total. The van der Waals surface area contributed by atoms with E-state index in [1.54, 1.807) is 6.55 Å². The van der Waals surface area contributed by atoms with Crippen molar-refractivity contribution in [2.45, 2.75) is 6.55 Å². The molecule has 0 bridgehead atoms. The van der Waals surface area contributed by atoms with Gasteiger partial charge < -0.3 is 24.0 Å². The first kappa shape index (κ1) is 16.4. The minimum absolute atomic E-state index is 0. The predicted molar refractivity (Wildman–Crippen MR) is 29.2 cm³/mol. The van der Waals surface area contributed by atoms with Gasteiger partial charge in [0.05, 0.1) is 0 Å². The molecule has 0 saturated carbocycles. The molecule has 0 aliphatic rings. The Morgan fingerprint density at radius 3 is 1.14 bits per heavy atom. The Kier molecular flexibility index (Phi) is 16.3. The van der Waals surface area contributed by atoms with E-state index in [0.29, 0.717) is 0 Å². The zero-order chi connectivity index (χ0) is 4.50. The molecule has 7 heavy (non-hydrogen) atoms. The summed E-state index contributed by atoms with van der Waals surface area (Å²) in [4.78, 5) is 0. The van der Waals surface area contributed by atoms with Crippen LogP contribution in [0.15, 0.2) is 0 Å². The Hall–Kier alpha value is 2.82. The molecule has 0 heterocycles. The summed E-state index contributed by atoms with van der Waals surface area (Å²) >= 11 is 15.6. The molecule has 0 unspecified atom stereocenters. The van der Waals surface area contributed by atoms with E-state index in [4.69, 9.17) is 33.2 Å². The topological polar surface area (TPSA) is 0 Å². The SMILES string of the molecule is C[Si](Cl)(Cl)Cl.[I-].[Na+]. The maximum atomic E-state index is 5.20. The second-order valence-corrected chi connectivity index (χ2v) is 10.9. The summed E-state index contributed by atoms with van der Waals surface area (Å²) in [5, 5.41) is 0. The summed E-state index contributed by atoms with van der Waals surface area (Å²) in [6.07, 6.45) is 0. The number of halogens is 4. The summed E-state index contributed by atoms with van der Waals surface area (Å²) in [5.74, 6) is 0. The van der Waals surface area contributed by atoms with Crippen molar-refractivity contribution in [3.05, 3.63) is 0 Å². The van der Waals surface area contributed by atoms with Crippen molar-refractivity contribution in [2.24, 2.45) is 0 Å². The Balaban J connectivity index is -0.0000000800. The molecule has 0 rings (SSSR count). The van der Waals surface area contributed by atoms with Crippen LogP contribution >= 0.6 is 33.2 Å². The van der Waals surface area contributed by atoms with E-state index < -0.39 is 6.00 Å². The molecule has 6 heteroatoms. The molecule has 0 spiro atoms. The Morgan fingerprint density at radius 2 is 1.14 bits per heavy atom. The molecule has 40 valence electrons. The van der Waals surface area contributed by atoms with Crippen molar-refractivity contribution < 1.29 is 53.5 Å². The van der Waals surface area contributed by atoms with Gasteiger partial charge in [-0.2, -0.15) is 0 Å². The van der Waals surface area contributed by atoms with Gasteiger partial charge in [-0.25, -0.2) is 0 Å². The second-order valence-electron chi connectivity index (χ2n) is 0.781. The van der Waals surface area contributed by atoms with Crippen LogP contribution in [0.2, 0.25) is 6.55 Å². The molecular formula is CH3Cl3INaSi. The maximum Gasteiger partial charge on any atom is 1.00 e. The zero-order valence-corrected chi connectivity index (χ0v) is 11.4. The van der Waals surface area contributed by atoms with E-state index in [2.05, 4.69) is 0 Å². The second kappa shape index (κ2) is 6.93. The van der Waals surface area contributed by atoms with Crippen molar-refractivity contribution in [2.75, 3.05) is 0 Å². The third kappa shape index (κ3) is 51.6. The number of rotatable bonds is 0. The fourth-order valence-electron chi connectivity index (χ4n) is 0. The van der Waals surface area contributed by atoms with Crippen LogP contribution in [-0.2, 0) is 0 Å². The molecule has 0 aliphatic carbocycles. The van der Waals surface area contributed by atoms with Crippen molar-refractivity contribution in [3.8, 4) is 0 Å². The first-order chi connectivity index (χ1) is 2.00.